The van der Waals surface area contributed by atoms with Crippen LogP contribution in [0.25, 0.3) is 11.4 Å². The monoisotopic (exact) mass is 381 g/mol. The summed E-state index contributed by atoms with van der Waals surface area (Å²) in [4.78, 5) is 18.3. The maximum absolute atomic E-state index is 12.3. The molecule has 1 amide bonds. The first-order valence-corrected chi connectivity index (χ1v) is 8.85. The maximum Gasteiger partial charge on any atom is 0.265 e. The van der Waals surface area contributed by atoms with Crippen molar-refractivity contribution in [3.63, 3.8) is 0 Å². The van der Waals surface area contributed by atoms with Gasteiger partial charge in [0, 0.05) is 5.56 Å². The molecular weight excluding hydrogens is 362 g/mol. The molecule has 1 aromatic heterocycles. The summed E-state index contributed by atoms with van der Waals surface area (Å²) in [6.45, 7) is 2.59. The molecule has 3 aromatic rings. The maximum atomic E-state index is 12.3. The summed E-state index contributed by atoms with van der Waals surface area (Å²) in [5.74, 6) is 2.45. The lowest BCUT2D eigenvalue weighted by Gasteiger charge is -2.27. The Hall–Kier alpha value is -3.55. The Bertz CT molecular complexity index is 1000. The van der Waals surface area contributed by atoms with Crippen molar-refractivity contribution in [3.8, 4) is 28.6 Å². The average Bonchev–Trinajstić information content (AvgIpc) is 3.19. The van der Waals surface area contributed by atoms with Crippen molar-refractivity contribution in [2.45, 2.75) is 13.5 Å². The van der Waals surface area contributed by atoms with Crippen LogP contribution in [0, 0.1) is 0 Å². The van der Waals surface area contributed by atoms with Gasteiger partial charge in [-0.1, -0.05) is 17.3 Å². The van der Waals surface area contributed by atoms with Gasteiger partial charge in [0.1, 0.15) is 12.3 Å². The Morgan fingerprint density at radius 2 is 2.04 bits per heavy atom. The lowest BCUT2D eigenvalue weighted by Crippen LogP contribution is -2.38. The highest BCUT2D eigenvalue weighted by molar-refractivity contribution is 5.97. The highest BCUT2D eigenvalue weighted by Gasteiger charge is 2.27. The smallest absolute Gasteiger partial charge is 0.265 e. The zero-order chi connectivity index (χ0) is 19.5. The van der Waals surface area contributed by atoms with E-state index >= 15 is 0 Å². The van der Waals surface area contributed by atoms with Crippen molar-refractivity contribution in [2.24, 2.45) is 0 Å². The quantitative estimate of drug-likeness (QED) is 0.648. The van der Waals surface area contributed by atoms with Crippen LogP contribution in [-0.4, -0.2) is 36.4 Å². The van der Waals surface area contributed by atoms with Crippen molar-refractivity contribution in [1.29, 1.82) is 0 Å². The van der Waals surface area contributed by atoms with Crippen molar-refractivity contribution < 1.29 is 23.5 Å². The zero-order valence-electron chi connectivity index (χ0n) is 15.5. The van der Waals surface area contributed by atoms with Gasteiger partial charge in [-0.15, -0.1) is 0 Å². The minimum Gasteiger partial charge on any atom is -0.493 e. The Morgan fingerprint density at radius 3 is 2.86 bits per heavy atom. The first-order chi connectivity index (χ1) is 13.7. The molecule has 28 heavy (non-hydrogen) atoms. The number of hydrogen-bond donors (Lipinski definition) is 0. The average molecular weight is 381 g/mol. The van der Waals surface area contributed by atoms with E-state index in [1.807, 2.05) is 37.3 Å². The second-order valence-electron chi connectivity index (χ2n) is 6.05. The van der Waals surface area contributed by atoms with Crippen LogP contribution in [-0.2, 0) is 11.3 Å². The Morgan fingerprint density at radius 1 is 1.18 bits per heavy atom. The van der Waals surface area contributed by atoms with Crippen LogP contribution < -0.4 is 19.1 Å². The third-order valence-corrected chi connectivity index (χ3v) is 4.29. The molecule has 0 saturated carbocycles. The lowest BCUT2D eigenvalue weighted by atomic mass is 10.2. The third kappa shape index (κ3) is 3.36. The summed E-state index contributed by atoms with van der Waals surface area (Å²) in [7, 11) is 1.57. The van der Waals surface area contributed by atoms with Crippen molar-refractivity contribution >= 4 is 11.6 Å². The van der Waals surface area contributed by atoms with Gasteiger partial charge >= 0.3 is 0 Å². The van der Waals surface area contributed by atoms with Gasteiger partial charge < -0.3 is 18.7 Å². The minimum absolute atomic E-state index is 0.0197. The number of hydrogen-bond acceptors (Lipinski definition) is 7. The molecule has 0 atom stereocenters. The summed E-state index contributed by atoms with van der Waals surface area (Å²) < 4.78 is 21.7. The fourth-order valence-electron chi connectivity index (χ4n) is 2.98. The van der Waals surface area contributed by atoms with Crippen LogP contribution in [0.3, 0.4) is 0 Å². The van der Waals surface area contributed by atoms with Gasteiger partial charge in [0.25, 0.3) is 5.91 Å². The summed E-state index contributed by atoms with van der Waals surface area (Å²) in [6, 6.07) is 12.8. The Balaban J connectivity index is 1.58. The lowest BCUT2D eigenvalue weighted by molar-refractivity contribution is -0.121. The second kappa shape index (κ2) is 7.59. The standard InChI is InChI=1S/C20H19N3O5/c1-3-26-16-9-8-13(10-17(16)25-2)20-21-18(28-22-20)11-23-14-6-4-5-7-15(14)27-12-19(23)24/h4-10H,3,11-12H2,1-2H3. The van der Waals surface area contributed by atoms with E-state index in [-0.39, 0.29) is 19.1 Å². The molecule has 1 aliphatic heterocycles. The molecule has 8 nitrogen and oxygen atoms in total. The van der Waals surface area contributed by atoms with Gasteiger partial charge in [-0.25, -0.2) is 0 Å². The van der Waals surface area contributed by atoms with Gasteiger partial charge in [0.05, 0.1) is 19.4 Å². The molecule has 2 aromatic carbocycles. The second-order valence-corrected chi connectivity index (χ2v) is 6.05. The van der Waals surface area contributed by atoms with Gasteiger partial charge in [0.2, 0.25) is 11.7 Å². The van der Waals surface area contributed by atoms with E-state index in [1.54, 1.807) is 24.1 Å². The van der Waals surface area contributed by atoms with Gasteiger partial charge in [-0.05, 0) is 37.3 Å². The van der Waals surface area contributed by atoms with E-state index in [9.17, 15) is 4.79 Å². The molecule has 0 unspecified atom stereocenters. The fourth-order valence-corrected chi connectivity index (χ4v) is 2.98. The number of carbonyl (C=O) groups excluding carboxylic acids is 1. The van der Waals surface area contributed by atoms with E-state index in [1.165, 1.54) is 0 Å². The Kier molecular flexibility index (Phi) is 4.84. The van der Waals surface area contributed by atoms with Crippen LogP contribution in [0.2, 0.25) is 0 Å². The van der Waals surface area contributed by atoms with Gasteiger partial charge in [0.15, 0.2) is 18.1 Å². The number of rotatable bonds is 6. The van der Waals surface area contributed by atoms with E-state index < -0.39 is 0 Å². The third-order valence-electron chi connectivity index (χ3n) is 4.29. The summed E-state index contributed by atoms with van der Waals surface area (Å²) in [5.41, 5.74) is 1.41. The molecule has 0 saturated heterocycles. The predicted molar refractivity (Wildman–Crippen MR) is 101 cm³/mol. The molecule has 0 aliphatic carbocycles. The Labute approximate surface area is 161 Å². The number of ether oxygens (including phenoxy) is 3. The van der Waals surface area contributed by atoms with Gasteiger partial charge in [-0.3, -0.25) is 9.69 Å². The summed E-state index contributed by atoms with van der Waals surface area (Å²) in [5, 5.41) is 4.03. The van der Waals surface area contributed by atoms with Gasteiger partial charge in [-0.2, -0.15) is 4.98 Å². The number of carbonyl (C=O) groups is 1. The predicted octanol–water partition coefficient (Wildman–Crippen LogP) is 3.07. The van der Waals surface area contributed by atoms with Crippen LogP contribution in [0.4, 0.5) is 5.69 Å². The molecule has 0 fully saturated rings. The van der Waals surface area contributed by atoms with Crippen molar-refractivity contribution in [1.82, 2.24) is 10.1 Å². The van der Waals surface area contributed by atoms with Crippen molar-refractivity contribution in [3.05, 3.63) is 48.4 Å². The van der Waals surface area contributed by atoms with Crippen LogP contribution in [0.1, 0.15) is 12.8 Å². The molecule has 4 rings (SSSR count). The largest absolute Gasteiger partial charge is 0.493 e. The highest BCUT2D eigenvalue weighted by atomic mass is 16.5. The van der Waals surface area contributed by atoms with E-state index in [4.69, 9.17) is 18.7 Å². The number of amides is 1. The first kappa shape index (κ1) is 17.8. The van der Waals surface area contributed by atoms with E-state index in [2.05, 4.69) is 10.1 Å². The SMILES string of the molecule is CCOc1ccc(-c2noc(CN3C(=O)COc4ccccc43)n2)cc1OC. The normalized spacial score (nSPS) is 13.1. The molecule has 0 bridgehead atoms. The van der Waals surface area contributed by atoms with Crippen molar-refractivity contribution in [2.75, 3.05) is 25.2 Å². The molecule has 2 heterocycles. The summed E-state index contributed by atoms with van der Waals surface area (Å²) in [6.07, 6.45) is 0. The minimum atomic E-state index is -0.166. The highest BCUT2D eigenvalue weighted by Crippen LogP contribution is 2.34. The molecule has 0 spiro atoms. The molecule has 0 radical (unpaired) electrons. The number of para-hydroxylation sites is 2. The first-order valence-electron chi connectivity index (χ1n) is 8.85. The molecule has 8 heteroatoms. The number of benzene rings is 2. The van der Waals surface area contributed by atoms with Crippen LogP contribution >= 0.6 is 0 Å². The topological polar surface area (TPSA) is 86.9 Å². The molecule has 0 N–H and O–H groups in total. The number of fused-ring (bicyclic) bond motifs is 1. The van der Waals surface area contributed by atoms with E-state index in [0.717, 1.165) is 5.56 Å². The number of aromatic nitrogens is 2. The summed E-state index contributed by atoms with van der Waals surface area (Å²) >= 11 is 0. The number of anilines is 1. The zero-order valence-corrected chi connectivity index (χ0v) is 15.5. The fraction of sp³-hybridized carbons (Fsp3) is 0.250. The molecular formula is C20H19N3O5. The van der Waals surface area contributed by atoms with Crippen LogP contribution in [0.5, 0.6) is 17.2 Å². The molecule has 1 aliphatic rings. The number of methoxy groups -OCH3 is 1. The number of nitrogens with zero attached hydrogens (tertiary/aromatic N) is 3. The van der Waals surface area contributed by atoms with Crippen LogP contribution in [0.15, 0.2) is 47.0 Å². The van der Waals surface area contributed by atoms with E-state index in [0.29, 0.717) is 41.3 Å². The molecule has 144 valence electrons.